The molecular weight excluding hydrogens is 383 g/mol. The zero-order valence-electron chi connectivity index (χ0n) is 18.8. The molecule has 0 aliphatic carbocycles. The van der Waals surface area contributed by atoms with Gasteiger partial charge in [-0.3, -0.25) is 4.52 Å². The fourth-order valence-corrected chi connectivity index (χ4v) is 2.49. The van der Waals surface area contributed by atoms with Gasteiger partial charge in [0.15, 0.2) is 0 Å². The van der Waals surface area contributed by atoms with E-state index >= 15 is 0 Å². The third-order valence-electron chi connectivity index (χ3n) is 3.26. The van der Waals surface area contributed by atoms with Crippen LogP contribution >= 0.6 is 7.82 Å². The Hall–Kier alpha value is -0.0100. The van der Waals surface area contributed by atoms with Gasteiger partial charge in [-0.1, -0.05) is 77.6 Å². The molecule has 0 amide bonds. The molecule has 0 aliphatic rings. The van der Waals surface area contributed by atoms with Crippen LogP contribution in [0.2, 0.25) is 0 Å². The molecule has 0 heterocycles. The highest BCUT2D eigenvalue weighted by atomic mass is 31.2. The van der Waals surface area contributed by atoms with Crippen LogP contribution in [0.4, 0.5) is 0 Å². The molecule has 0 fully saturated rings. The fraction of sp³-hybridized carbons (Fsp3) is 1.00. The highest BCUT2D eigenvalue weighted by Gasteiger charge is 2.12. The first-order valence-electron chi connectivity index (χ1n) is 10.8. The van der Waals surface area contributed by atoms with E-state index in [9.17, 15) is 4.57 Å². The summed E-state index contributed by atoms with van der Waals surface area (Å²) >= 11 is 0. The highest BCUT2D eigenvalue weighted by Crippen LogP contribution is 2.35. The van der Waals surface area contributed by atoms with Gasteiger partial charge in [0.2, 0.25) is 0 Å². The third-order valence-corrected chi connectivity index (χ3v) is 3.78. The third kappa shape index (κ3) is 63.5. The summed E-state index contributed by atoms with van der Waals surface area (Å²) in [4.78, 5) is 17.0. The first-order valence-corrected chi connectivity index (χ1v) is 12.4. The molecule has 0 bridgehead atoms. The zero-order chi connectivity index (χ0) is 22.5. The van der Waals surface area contributed by atoms with Crippen LogP contribution in [-0.2, 0) is 9.09 Å². The molecule has 0 saturated carbocycles. The summed E-state index contributed by atoms with van der Waals surface area (Å²) in [6, 6.07) is 0. The van der Waals surface area contributed by atoms with E-state index in [0.717, 1.165) is 19.3 Å². The Balaban J connectivity index is -0.000000269. The quantitative estimate of drug-likeness (QED) is 0.197. The lowest BCUT2D eigenvalue weighted by atomic mass is 10.1. The summed E-state index contributed by atoms with van der Waals surface area (Å²) in [5, 5.41) is 22.7. The Morgan fingerprint density at radius 2 is 0.821 bits per heavy atom. The monoisotopic (exact) mass is 432 g/mol. The standard InChI is InChI=1S/C14H31O4P.3C2H6O/c1-2-3-4-5-6-7-8-9-10-11-12-13-14-18-19(15,16)17;3*1-2-3/h2-14H2,1H3,(H2,15,16,17);3*3H,2H2,1H3. The minimum Gasteiger partial charge on any atom is -0.397 e. The minimum atomic E-state index is -4.25. The lowest BCUT2D eigenvalue weighted by molar-refractivity contribution is 0.193. The van der Waals surface area contributed by atoms with Crippen molar-refractivity contribution >= 4 is 7.82 Å². The second kappa shape index (κ2) is 34.5. The lowest BCUT2D eigenvalue weighted by Gasteiger charge is -2.05. The van der Waals surface area contributed by atoms with Crippen molar-refractivity contribution in [2.24, 2.45) is 0 Å². The van der Waals surface area contributed by atoms with Crippen molar-refractivity contribution in [2.75, 3.05) is 26.4 Å². The normalized spacial score (nSPS) is 10.0. The Morgan fingerprint density at radius 1 is 0.571 bits per heavy atom. The van der Waals surface area contributed by atoms with Crippen LogP contribution in [-0.4, -0.2) is 51.5 Å². The summed E-state index contributed by atoms with van der Waals surface area (Å²) in [7, 11) is -4.25. The van der Waals surface area contributed by atoms with Gasteiger partial charge in [-0.05, 0) is 27.2 Å². The Morgan fingerprint density at radius 3 is 1.07 bits per heavy atom. The number of rotatable bonds is 14. The van der Waals surface area contributed by atoms with E-state index in [1.807, 2.05) is 0 Å². The Labute approximate surface area is 173 Å². The molecule has 7 nitrogen and oxygen atoms in total. The van der Waals surface area contributed by atoms with Crippen molar-refractivity contribution < 1.29 is 34.2 Å². The molecule has 0 saturated heterocycles. The van der Waals surface area contributed by atoms with Gasteiger partial charge < -0.3 is 25.1 Å². The van der Waals surface area contributed by atoms with Gasteiger partial charge in [-0.2, -0.15) is 0 Å². The first kappa shape index (κ1) is 35.4. The van der Waals surface area contributed by atoms with E-state index in [-0.39, 0.29) is 26.4 Å². The number of hydrogen-bond donors (Lipinski definition) is 5. The number of aliphatic hydroxyl groups excluding tert-OH is 3. The van der Waals surface area contributed by atoms with E-state index in [4.69, 9.17) is 25.1 Å². The molecule has 0 aromatic carbocycles. The maximum atomic E-state index is 10.4. The first-order chi connectivity index (χ1) is 13.3. The summed E-state index contributed by atoms with van der Waals surface area (Å²) in [6.45, 7) is 8.20. The second-order valence-electron chi connectivity index (χ2n) is 6.16. The van der Waals surface area contributed by atoms with E-state index in [0.29, 0.717) is 0 Å². The number of aliphatic hydroxyl groups is 3. The van der Waals surface area contributed by atoms with Crippen LogP contribution in [0.1, 0.15) is 105 Å². The van der Waals surface area contributed by atoms with Crippen molar-refractivity contribution in [2.45, 2.75) is 105 Å². The van der Waals surface area contributed by atoms with Gasteiger partial charge in [0.1, 0.15) is 0 Å². The van der Waals surface area contributed by atoms with Crippen LogP contribution < -0.4 is 0 Å². The van der Waals surface area contributed by atoms with Crippen LogP contribution in [0, 0.1) is 0 Å². The number of phosphoric acid groups is 1. The van der Waals surface area contributed by atoms with Crippen molar-refractivity contribution in [3.8, 4) is 0 Å². The molecular formula is C20H49O7P. The van der Waals surface area contributed by atoms with E-state index < -0.39 is 7.82 Å². The number of unbranched alkanes of at least 4 members (excludes halogenated alkanes) is 11. The van der Waals surface area contributed by atoms with Crippen molar-refractivity contribution in [1.82, 2.24) is 0 Å². The largest absolute Gasteiger partial charge is 0.469 e. The predicted octanol–water partition coefficient (Wildman–Crippen LogP) is 4.79. The molecule has 0 aliphatic heterocycles. The van der Waals surface area contributed by atoms with E-state index in [1.165, 1.54) is 57.8 Å². The molecule has 0 spiro atoms. The van der Waals surface area contributed by atoms with E-state index in [1.54, 1.807) is 20.8 Å². The van der Waals surface area contributed by atoms with Gasteiger partial charge in [0, 0.05) is 19.8 Å². The molecule has 0 unspecified atom stereocenters. The maximum absolute atomic E-state index is 10.4. The SMILES string of the molecule is CCCCCCCCCCCCCCOP(=O)(O)O.CCO.CCO.CCO. The Kier molecular flexibility index (Phi) is 43.6. The molecule has 8 heteroatoms. The van der Waals surface area contributed by atoms with Gasteiger partial charge in [0.05, 0.1) is 6.61 Å². The summed E-state index contributed by atoms with van der Waals surface area (Å²) in [5.41, 5.74) is 0. The average Bonchev–Trinajstić information content (AvgIpc) is 2.60. The topological polar surface area (TPSA) is 127 Å². The summed E-state index contributed by atoms with van der Waals surface area (Å²) < 4.78 is 14.8. The molecule has 0 aromatic rings. The van der Waals surface area contributed by atoms with Gasteiger partial charge in [0.25, 0.3) is 0 Å². The van der Waals surface area contributed by atoms with Crippen LogP contribution in [0.3, 0.4) is 0 Å². The smallest absolute Gasteiger partial charge is 0.397 e. The highest BCUT2D eigenvalue weighted by molar-refractivity contribution is 7.46. The second-order valence-corrected chi connectivity index (χ2v) is 7.40. The van der Waals surface area contributed by atoms with Gasteiger partial charge in [-0.15, -0.1) is 0 Å². The number of hydrogen-bond acceptors (Lipinski definition) is 5. The average molecular weight is 433 g/mol. The van der Waals surface area contributed by atoms with Crippen LogP contribution in [0.5, 0.6) is 0 Å². The minimum absolute atomic E-state index is 0.168. The van der Waals surface area contributed by atoms with Crippen LogP contribution in [0.25, 0.3) is 0 Å². The maximum Gasteiger partial charge on any atom is 0.469 e. The van der Waals surface area contributed by atoms with Crippen molar-refractivity contribution in [3.05, 3.63) is 0 Å². The van der Waals surface area contributed by atoms with Crippen molar-refractivity contribution in [1.29, 1.82) is 0 Å². The molecule has 5 N–H and O–H groups in total. The summed E-state index contributed by atoms with van der Waals surface area (Å²) in [5.74, 6) is 0. The zero-order valence-corrected chi connectivity index (χ0v) is 19.7. The molecule has 0 radical (unpaired) electrons. The number of phosphoric ester groups is 1. The molecule has 0 atom stereocenters. The molecule has 0 rings (SSSR count). The van der Waals surface area contributed by atoms with Crippen molar-refractivity contribution in [3.63, 3.8) is 0 Å². The molecule has 0 aromatic heterocycles. The van der Waals surface area contributed by atoms with E-state index in [2.05, 4.69) is 11.4 Å². The molecule has 176 valence electrons. The van der Waals surface area contributed by atoms with Crippen LogP contribution in [0.15, 0.2) is 0 Å². The Bertz CT molecular complexity index is 269. The van der Waals surface area contributed by atoms with Gasteiger partial charge >= 0.3 is 7.82 Å². The molecule has 28 heavy (non-hydrogen) atoms. The lowest BCUT2D eigenvalue weighted by Crippen LogP contribution is -1.92. The van der Waals surface area contributed by atoms with Gasteiger partial charge in [-0.25, -0.2) is 4.57 Å². The fourth-order valence-electron chi connectivity index (χ4n) is 2.13. The predicted molar refractivity (Wildman–Crippen MR) is 117 cm³/mol. The summed E-state index contributed by atoms with van der Waals surface area (Å²) in [6.07, 6.45) is 14.9.